The molecule has 0 saturated heterocycles. The lowest BCUT2D eigenvalue weighted by molar-refractivity contribution is 0.0934. The molecule has 1 amide bonds. The minimum Gasteiger partial charge on any atom is -0.349 e. The summed E-state index contributed by atoms with van der Waals surface area (Å²) >= 11 is 0. The number of hydrogen-bond donors (Lipinski definition) is 1. The Bertz CT molecular complexity index is 735. The molecule has 0 spiro atoms. The first-order chi connectivity index (χ1) is 10.9. The minimum atomic E-state index is -0.292. The van der Waals surface area contributed by atoms with Crippen molar-refractivity contribution in [1.29, 1.82) is 0 Å². The van der Waals surface area contributed by atoms with Gasteiger partial charge in [0, 0.05) is 19.7 Å². The molecule has 0 saturated carbocycles. The van der Waals surface area contributed by atoms with E-state index in [9.17, 15) is 9.59 Å². The summed E-state index contributed by atoms with van der Waals surface area (Å²) in [6.45, 7) is 2.50. The van der Waals surface area contributed by atoms with Gasteiger partial charge in [0.25, 0.3) is 11.5 Å². The lowest BCUT2D eigenvalue weighted by atomic mass is 10.0. The number of hydrogen-bond acceptors (Lipinski definition) is 4. The van der Waals surface area contributed by atoms with Crippen LogP contribution in [-0.2, 0) is 7.05 Å². The molecule has 1 aromatic carbocycles. The van der Waals surface area contributed by atoms with Crippen molar-refractivity contribution in [3.63, 3.8) is 0 Å². The molecule has 0 bridgehead atoms. The predicted molar refractivity (Wildman–Crippen MR) is 89.4 cm³/mol. The molecule has 1 atom stereocenters. The Hall–Kier alpha value is -2.47. The van der Waals surface area contributed by atoms with Crippen LogP contribution in [0.25, 0.3) is 0 Å². The molecule has 0 aliphatic carbocycles. The van der Waals surface area contributed by atoms with Gasteiger partial charge < -0.3 is 10.2 Å². The van der Waals surface area contributed by atoms with Crippen molar-refractivity contribution in [1.82, 2.24) is 20.0 Å². The fraction of sp³-hybridized carbons (Fsp3) is 0.353. The number of nitrogens with zero attached hydrogens (tertiary/aromatic N) is 3. The van der Waals surface area contributed by atoms with Crippen LogP contribution >= 0.6 is 0 Å². The van der Waals surface area contributed by atoms with Crippen molar-refractivity contribution < 1.29 is 4.79 Å². The van der Waals surface area contributed by atoms with E-state index in [1.807, 2.05) is 21.0 Å². The monoisotopic (exact) mass is 314 g/mol. The summed E-state index contributed by atoms with van der Waals surface area (Å²) in [6, 6.07) is 11.1. The van der Waals surface area contributed by atoms with E-state index >= 15 is 0 Å². The standard InChI is InChI=1S/C17H22N4O2/c1-12-5-7-13(8-6-12)15(20(2)3)11-18-17(23)14-9-10-16(22)21(4)19-14/h5-10,15H,11H2,1-4H3,(H,18,23). The first-order valence-electron chi connectivity index (χ1n) is 7.44. The summed E-state index contributed by atoms with van der Waals surface area (Å²) in [6.07, 6.45) is 0. The van der Waals surface area contributed by atoms with Crippen LogP contribution in [0.15, 0.2) is 41.2 Å². The predicted octanol–water partition coefficient (Wildman–Crippen LogP) is 1.12. The Kier molecular flexibility index (Phi) is 5.28. The van der Waals surface area contributed by atoms with E-state index < -0.39 is 0 Å². The molecule has 1 heterocycles. The van der Waals surface area contributed by atoms with E-state index in [2.05, 4.69) is 39.6 Å². The Morgan fingerprint density at radius 3 is 2.43 bits per heavy atom. The summed E-state index contributed by atoms with van der Waals surface area (Å²) in [4.78, 5) is 25.6. The summed E-state index contributed by atoms with van der Waals surface area (Å²) in [7, 11) is 5.47. The lowest BCUT2D eigenvalue weighted by Crippen LogP contribution is -2.35. The number of aryl methyl sites for hydroxylation is 2. The average Bonchev–Trinajstić information content (AvgIpc) is 2.51. The summed E-state index contributed by atoms with van der Waals surface area (Å²) in [5.74, 6) is -0.292. The normalized spacial score (nSPS) is 12.2. The number of benzene rings is 1. The molecule has 6 nitrogen and oxygen atoms in total. The lowest BCUT2D eigenvalue weighted by Gasteiger charge is -2.25. The maximum atomic E-state index is 12.2. The summed E-state index contributed by atoms with van der Waals surface area (Å²) < 4.78 is 1.15. The van der Waals surface area contributed by atoms with Gasteiger partial charge in [0.15, 0.2) is 0 Å². The Labute approximate surface area is 135 Å². The number of carbonyl (C=O) groups is 1. The molecular weight excluding hydrogens is 292 g/mol. The Morgan fingerprint density at radius 2 is 1.87 bits per heavy atom. The van der Waals surface area contributed by atoms with Crippen molar-refractivity contribution in [2.24, 2.45) is 7.05 Å². The molecule has 0 radical (unpaired) electrons. The largest absolute Gasteiger partial charge is 0.349 e. The fourth-order valence-electron chi connectivity index (χ4n) is 2.29. The smallest absolute Gasteiger partial charge is 0.271 e. The molecule has 122 valence electrons. The molecule has 2 rings (SSSR count). The van der Waals surface area contributed by atoms with Crippen LogP contribution in [0.2, 0.25) is 0 Å². The van der Waals surface area contributed by atoms with Crippen molar-refractivity contribution >= 4 is 5.91 Å². The van der Waals surface area contributed by atoms with Crippen LogP contribution in [0.3, 0.4) is 0 Å². The average molecular weight is 314 g/mol. The van der Waals surface area contributed by atoms with Gasteiger partial charge in [-0.15, -0.1) is 0 Å². The zero-order chi connectivity index (χ0) is 17.0. The second kappa shape index (κ2) is 7.19. The Morgan fingerprint density at radius 1 is 1.22 bits per heavy atom. The van der Waals surface area contributed by atoms with Gasteiger partial charge in [0.05, 0.1) is 6.04 Å². The molecule has 0 fully saturated rings. The van der Waals surface area contributed by atoms with Gasteiger partial charge in [-0.1, -0.05) is 29.8 Å². The number of nitrogens with one attached hydrogen (secondary N) is 1. The van der Waals surface area contributed by atoms with E-state index in [0.717, 1.165) is 10.2 Å². The van der Waals surface area contributed by atoms with E-state index in [-0.39, 0.29) is 23.2 Å². The van der Waals surface area contributed by atoms with Crippen LogP contribution in [0, 0.1) is 6.92 Å². The number of amides is 1. The SMILES string of the molecule is Cc1ccc(C(CNC(=O)c2ccc(=O)n(C)n2)N(C)C)cc1. The number of rotatable bonds is 5. The quantitative estimate of drug-likeness (QED) is 0.898. The second-order valence-electron chi connectivity index (χ2n) is 5.78. The third-order valence-corrected chi connectivity index (χ3v) is 3.73. The van der Waals surface area contributed by atoms with Gasteiger partial charge in [0.1, 0.15) is 5.69 Å². The first kappa shape index (κ1) is 16.9. The first-order valence-corrected chi connectivity index (χ1v) is 7.44. The second-order valence-corrected chi connectivity index (χ2v) is 5.78. The van der Waals surface area contributed by atoms with E-state index in [1.165, 1.54) is 24.7 Å². The maximum Gasteiger partial charge on any atom is 0.271 e. The molecule has 0 aliphatic rings. The molecule has 23 heavy (non-hydrogen) atoms. The molecule has 0 aliphatic heterocycles. The third-order valence-electron chi connectivity index (χ3n) is 3.73. The highest BCUT2D eigenvalue weighted by Crippen LogP contribution is 2.18. The minimum absolute atomic E-state index is 0.0621. The number of aromatic nitrogens is 2. The number of likely N-dealkylation sites (N-methyl/N-ethyl adjacent to an activating group) is 1. The molecular formula is C17H22N4O2. The molecule has 2 aromatic rings. The van der Waals surface area contributed by atoms with Crippen molar-refractivity contribution in [2.75, 3.05) is 20.6 Å². The Balaban J connectivity index is 2.09. The van der Waals surface area contributed by atoms with Crippen LogP contribution in [0.5, 0.6) is 0 Å². The van der Waals surface area contributed by atoms with Crippen LogP contribution in [0.1, 0.15) is 27.7 Å². The summed E-state index contributed by atoms with van der Waals surface area (Å²) in [5.41, 5.74) is 2.32. The molecule has 1 unspecified atom stereocenters. The van der Waals surface area contributed by atoms with Gasteiger partial charge in [-0.05, 0) is 32.6 Å². The fourth-order valence-corrected chi connectivity index (χ4v) is 2.29. The zero-order valence-electron chi connectivity index (χ0n) is 13.9. The van der Waals surface area contributed by atoms with E-state index in [0.29, 0.717) is 6.54 Å². The van der Waals surface area contributed by atoms with E-state index in [4.69, 9.17) is 0 Å². The van der Waals surface area contributed by atoms with Crippen molar-refractivity contribution in [3.05, 3.63) is 63.6 Å². The zero-order valence-corrected chi connectivity index (χ0v) is 13.9. The highest BCUT2D eigenvalue weighted by atomic mass is 16.2. The van der Waals surface area contributed by atoms with Gasteiger partial charge in [-0.25, -0.2) is 4.68 Å². The highest BCUT2D eigenvalue weighted by Gasteiger charge is 2.16. The van der Waals surface area contributed by atoms with E-state index in [1.54, 1.807) is 0 Å². The van der Waals surface area contributed by atoms with Crippen molar-refractivity contribution in [3.8, 4) is 0 Å². The third kappa shape index (κ3) is 4.26. The van der Waals surface area contributed by atoms with Gasteiger partial charge in [0.2, 0.25) is 0 Å². The van der Waals surface area contributed by atoms with Gasteiger partial charge in [-0.2, -0.15) is 5.10 Å². The van der Waals surface area contributed by atoms with Crippen molar-refractivity contribution in [2.45, 2.75) is 13.0 Å². The molecule has 1 aromatic heterocycles. The van der Waals surface area contributed by atoms with Crippen LogP contribution in [0.4, 0.5) is 0 Å². The topological polar surface area (TPSA) is 67.2 Å². The van der Waals surface area contributed by atoms with Crippen LogP contribution < -0.4 is 10.9 Å². The molecule has 6 heteroatoms. The van der Waals surface area contributed by atoms with Gasteiger partial charge in [-0.3, -0.25) is 9.59 Å². The highest BCUT2D eigenvalue weighted by molar-refractivity contribution is 5.92. The maximum absolute atomic E-state index is 12.2. The van der Waals surface area contributed by atoms with Crippen LogP contribution in [-0.4, -0.2) is 41.2 Å². The number of carbonyl (C=O) groups excluding carboxylic acids is 1. The van der Waals surface area contributed by atoms with Gasteiger partial charge >= 0.3 is 0 Å². The summed E-state index contributed by atoms with van der Waals surface area (Å²) in [5, 5.41) is 6.84. The molecule has 1 N–H and O–H groups in total.